The molecule has 2 aromatic rings. The van der Waals surface area contributed by atoms with Crippen molar-refractivity contribution in [2.45, 2.75) is 4.90 Å². The van der Waals surface area contributed by atoms with Crippen LogP contribution in [0.5, 0.6) is 0 Å². The molecule has 0 atom stereocenters. The van der Waals surface area contributed by atoms with E-state index in [9.17, 15) is 12.8 Å². The van der Waals surface area contributed by atoms with Crippen LogP contribution < -0.4 is 10.0 Å². The summed E-state index contributed by atoms with van der Waals surface area (Å²) in [5.74, 6) is -0.692. The molecule has 0 bridgehead atoms. The second-order valence-corrected chi connectivity index (χ2v) is 6.76. The van der Waals surface area contributed by atoms with Crippen LogP contribution in [0.25, 0.3) is 0 Å². The van der Waals surface area contributed by atoms with E-state index in [0.717, 1.165) is 16.4 Å². The van der Waals surface area contributed by atoms with Gasteiger partial charge in [0.2, 0.25) is 0 Å². The lowest BCUT2D eigenvalue weighted by molar-refractivity contribution is 0.565. The van der Waals surface area contributed by atoms with Crippen molar-refractivity contribution < 1.29 is 12.8 Å². The summed E-state index contributed by atoms with van der Waals surface area (Å²) in [5.41, 5.74) is 5.75. The first-order chi connectivity index (χ1) is 9.34. The van der Waals surface area contributed by atoms with Crippen LogP contribution in [0.4, 0.5) is 15.9 Å². The molecule has 0 fully saturated rings. The third kappa shape index (κ3) is 2.61. The number of benzene rings is 1. The number of aromatic nitrogens is 1. The Hall–Kier alpha value is -1.67. The van der Waals surface area contributed by atoms with E-state index in [1.165, 1.54) is 19.3 Å². The maximum atomic E-state index is 13.9. The van der Waals surface area contributed by atoms with Crippen LogP contribution in [-0.2, 0) is 10.0 Å². The number of anilines is 2. The lowest BCUT2D eigenvalue weighted by Gasteiger charge is -2.19. The van der Waals surface area contributed by atoms with Gasteiger partial charge >= 0.3 is 0 Å². The molecule has 0 radical (unpaired) electrons. The summed E-state index contributed by atoms with van der Waals surface area (Å²) in [5, 5.41) is 0. The lowest BCUT2D eigenvalue weighted by Crippen LogP contribution is -2.28. The van der Waals surface area contributed by atoms with E-state index in [1.807, 2.05) is 0 Å². The first-order valence-corrected chi connectivity index (χ1v) is 7.72. The van der Waals surface area contributed by atoms with Crippen molar-refractivity contribution in [3.8, 4) is 0 Å². The Morgan fingerprint density at radius 2 is 2.05 bits per heavy atom. The van der Waals surface area contributed by atoms with Gasteiger partial charge in [0.1, 0.15) is 16.5 Å². The van der Waals surface area contributed by atoms with Crippen LogP contribution >= 0.6 is 15.9 Å². The van der Waals surface area contributed by atoms with Crippen LogP contribution in [0.1, 0.15) is 0 Å². The number of nitrogens with two attached hydrogens (primary N) is 1. The molecule has 0 spiro atoms. The van der Waals surface area contributed by atoms with Gasteiger partial charge in [-0.05, 0) is 40.2 Å². The third-order valence-corrected chi connectivity index (χ3v) is 5.13. The number of nitrogen functional groups attached to an aromatic ring is 1. The number of hydrogen-bond acceptors (Lipinski definition) is 4. The standard InChI is InChI=1S/C12H11BrFN3O2S/c1-17(12-4-2-3-5-16-12)20(18,19)11-7-10(15)8(13)6-9(11)14/h2-7H,15H2,1H3. The van der Waals surface area contributed by atoms with Crippen molar-refractivity contribution in [3.05, 3.63) is 46.8 Å². The molecule has 1 aromatic heterocycles. The number of nitrogens with zero attached hydrogens (tertiary/aromatic N) is 2. The normalized spacial score (nSPS) is 11.3. The maximum absolute atomic E-state index is 13.9. The monoisotopic (exact) mass is 359 g/mol. The molecule has 0 unspecified atom stereocenters. The van der Waals surface area contributed by atoms with E-state index in [4.69, 9.17) is 5.73 Å². The molecule has 2 rings (SSSR count). The molecule has 20 heavy (non-hydrogen) atoms. The zero-order valence-corrected chi connectivity index (χ0v) is 12.8. The summed E-state index contributed by atoms with van der Waals surface area (Å²) in [6.45, 7) is 0. The average molecular weight is 360 g/mol. The Morgan fingerprint density at radius 3 is 2.65 bits per heavy atom. The number of hydrogen-bond donors (Lipinski definition) is 1. The molecule has 8 heteroatoms. The maximum Gasteiger partial charge on any atom is 0.268 e. The van der Waals surface area contributed by atoms with Gasteiger partial charge in [-0.25, -0.2) is 17.8 Å². The van der Waals surface area contributed by atoms with Gasteiger partial charge in [-0.2, -0.15) is 0 Å². The number of halogens is 2. The molecule has 106 valence electrons. The predicted octanol–water partition coefficient (Wildman–Crippen LogP) is 2.39. The number of pyridine rings is 1. The fraction of sp³-hybridized carbons (Fsp3) is 0.0833. The van der Waals surface area contributed by atoms with Crippen molar-refractivity contribution in [3.63, 3.8) is 0 Å². The second-order valence-electron chi connectivity index (χ2n) is 3.96. The first-order valence-electron chi connectivity index (χ1n) is 5.48. The fourth-order valence-corrected chi connectivity index (χ4v) is 3.10. The van der Waals surface area contributed by atoms with Crippen molar-refractivity contribution in [2.24, 2.45) is 0 Å². The summed E-state index contributed by atoms with van der Waals surface area (Å²) in [6, 6.07) is 6.91. The Kier molecular flexibility index (Phi) is 3.96. The van der Waals surface area contributed by atoms with E-state index in [0.29, 0.717) is 4.47 Å². The van der Waals surface area contributed by atoms with Crippen LogP contribution in [0.15, 0.2) is 45.9 Å². The topological polar surface area (TPSA) is 76.3 Å². The smallest absolute Gasteiger partial charge is 0.268 e. The van der Waals surface area contributed by atoms with Gasteiger partial charge in [-0.3, -0.25) is 4.31 Å². The molecule has 5 nitrogen and oxygen atoms in total. The molecule has 2 N–H and O–H groups in total. The summed E-state index contributed by atoms with van der Waals surface area (Å²) in [7, 11) is -2.77. The predicted molar refractivity (Wildman–Crippen MR) is 78.3 cm³/mol. The van der Waals surface area contributed by atoms with Crippen LogP contribution in [0.2, 0.25) is 0 Å². The molecule has 0 amide bonds. The molecule has 0 saturated heterocycles. The summed E-state index contributed by atoms with van der Waals surface area (Å²) in [4.78, 5) is 3.43. The van der Waals surface area contributed by atoms with E-state index in [-0.39, 0.29) is 11.5 Å². The minimum atomic E-state index is -4.07. The van der Waals surface area contributed by atoms with Crippen molar-refractivity contribution in [1.82, 2.24) is 4.98 Å². The molecule has 0 aliphatic heterocycles. The fourth-order valence-electron chi connectivity index (χ4n) is 1.55. The van der Waals surface area contributed by atoms with Gasteiger partial charge in [0.25, 0.3) is 10.0 Å². The van der Waals surface area contributed by atoms with E-state index in [2.05, 4.69) is 20.9 Å². The van der Waals surface area contributed by atoms with Crippen molar-refractivity contribution in [1.29, 1.82) is 0 Å². The van der Waals surface area contributed by atoms with Gasteiger partial charge in [-0.1, -0.05) is 6.07 Å². The molecule has 1 aromatic carbocycles. The quantitative estimate of drug-likeness (QED) is 0.853. The van der Waals surface area contributed by atoms with E-state index in [1.54, 1.807) is 12.1 Å². The minimum Gasteiger partial charge on any atom is -0.398 e. The lowest BCUT2D eigenvalue weighted by atomic mass is 10.3. The highest BCUT2D eigenvalue weighted by atomic mass is 79.9. The minimum absolute atomic E-state index is 0.138. The Morgan fingerprint density at radius 1 is 1.35 bits per heavy atom. The molecular weight excluding hydrogens is 349 g/mol. The van der Waals surface area contributed by atoms with Gasteiger partial charge in [0.15, 0.2) is 0 Å². The Balaban J connectivity index is 2.54. The SMILES string of the molecule is CN(c1ccccn1)S(=O)(=O)c1cc(N)c(Br)cc1F. The third-order valence-electron chi connectivity index (χ3n) is 2.66. The molecule has 0 aliphatic rings. The first kappa shape index (κ1) is 14.7. The van der Waals surface area contributed by atoms with Crippen LogP contribution in [0.3, 0.4) is 0 Å². The summed E-state index contributed by atoms with van der Waals surface area (Å²) >= 11 is 3.04. The van der Waals surface area contributed by atoms with Gasteiger partial charge < -0.3 is 5.73 Å². The van der Waals surface area contributed by atoms with Crippen LogP contribution in [0, 0.1) is 5.82 Å². The number of sulfonamides is 1. The van der Waals surface area contributed by atoms with Crippen LogP contribution in [-0.4, -0.2) is 20.4 Å². The molecule has 1 heterocycles. The largest absolute Gasteiger partial charge is 0.398 e. The van der Waals surface area contributed by atoms with Gasteiger partial charge in [-0.15, -0.1) is 0 Å². The molecular formula is C12H11BrFN3O2S. The van der Waals surface area contributed by atoms with Gasteiger partial charge in [0.05, 0.1) is 0 Å². The zero-order chi connectivity index (χ0) is 14.9. The highest BCUT2D eigenvalue weighted by Crippen LogP contribution is 2.28. The Labute approximate surface area is 124 Å². The van der Waals surface area contributed by atoms with E-state index >= 15 is 0 Å². The van der Waals surface area contributed by atoms with Gasteiger partial charge in [0, 0.05) is 23.4 Å². The number of rotatable bonds is 3. The average Bonchev–Trinajstić information content (AvgIpc) is 2.42. The second kappa shape index (κ2) is 5.37. The highest BCUT2D eigenvalue weighted by Gasteiger charge is 2.26. The summed E-state index contributed by atoms with van der Waals surface area (Å²) < 4.78 is 39.9. The summed E-state index contributed by atoms with van der Waals surface area (Å²) in [6.07, 6.45) is 1.45. The molecule has 0 saturated carbocycles. The van der Waals surface area contributed by atoms with Crippen molar-refractivity contribution in [2.75, 3.05) is 17.1 Å². The molecule has 0 aliphatic carbocycles. The Bertz CT molecular complexity index is 738. The highest BCUT2D eigenvalue weighted by molar-refractivity contribution is 9.10. The van der Waals surface area contributed by atoms with E-state index < -0.39 is 20.7 Å². The zero-order valence-electron chi connectivity index (χ0n) is 10.4. The van der Waals surface area contributed by atoms with Crippen molar-refractivity contribution >= 4 is 37.5 Å².